The predicted molar refractivity (Wildman–Crippen MR) is 59.1 cm³/mol. The summed E-state index contributed by atoms with van der Waals surface area (Å²) in [5.41, 5.74) is 1.10. The van der Waals surface area contributed by atoms with Crippen molar-refractivity contribution in [3.8, 4) is 0 Å². The monoisotopic (exact) mass is 187 g/mol. The van der Waals surface area contributed by atoms with Crippen molar-refractivity contribution in [2.24, 2.45) is 4.99 Å². The lowest BCUT2D eigenvalue weighted by Gasteiger charge is -2.04. The molecule has 0 atom stereocenters. The standard InChI is InChI=1S/C12H13NO/c1-3-12(13-4-2)14-10-11-8-6-5-7-9-11/h3-9H,1-2,10H2. The Balaban J connectivity index is 2.52. The number of rotatable bonds is 4. The molecular weight excluding hydrogens is 174 g/mol. The van der Waals surface area contributed by atoms with Crippen LogP contribution in [0, 0.1) is 0 Å². The largest absolute Gasteiger partial charge is 0.473 e. The zero-order valence-electron chi connectivity index (χ0n) is 8.02. The number of nitrogens with zero attached hydrogens (tertiary/aromatic N) is 1. The van der Waals surface area contributed by atoms with Gasteiger partial charge in [0.1, 0.15) is 6.61 Å². The van der Waals surface area contributed by atoms with Crippen LogP contribution in [0.3, 0.4) is 0 Å². The third-order valence-corrected chi connectivity index (χ3v) is 1.62. The zero-order chi connectivity index (χ0) is 10.2. The van der Waals surface area contributed by atoms with E-state index >= 15 is 0 Å². The Bertz CT molecular complexity index is 327. The SMILES string of the molecule is C=CN=C(C=C)OCc1ccccc1. The highest BCUT2D eigenvalue weighted by molar-refractivity contribution is 5.87. The zero-order valence-corrected chi connectivity index (χ0v) is 8.02. The average Bonchev–Trinajstić information content (AvgIpc) is 2.25. The van der Waals surface area contributed by atoms with Crippen LogP contribution in [-0.4, -0.2) is 5.90 Å². The summed E-state index contributed by atoms with van der Waals surface area (Å²) >= 11 is 0. The molecule has 2 nitrogen and oxygen atoms in total. The molecule has 14 heavy (non-hydrogen) atoms. The van der Waals surface area contributed by atoms with E-state index in [4.69, 9.17) is 4.74 Å². The Morgan fingerprint density at radius 2 is 2.00 bits per heavy atom. The van der Waals surface area contributed by atoms with Gasteiger partial charge < -0.3 is 4.74 Å². The minimum Gasteiger partial charge on any atom is -0.473 e. The van der Waals surface area contributed by atoms with Crippen molar-refractivity contribution in [1.29, 1.82) is 0 Å². The van der Waals surface area contributed by atoms with Crippen molar-refractivity contribution in [3.05, 3.63) is 61.3 Å². The molecule has 0 spiro atoms. The molecule has 0 saturated heterocycles. The Kier molecular flexibility index (Phi) is 4.21. The molecule has 0 N–H and O–H groups in total. The second kappa shape index (κ2) is 5.75. The molecule has 1 aromatic carbocycles. The Morgan fingerprint density at radius 3 is 2.57 bits per heavy atom. The molecule has 0 fully saturated rings. The maximum Gasteiger partial charge on any atom is 0.212 e. The lowest BCUT2D eigenvalue weighted by molar-refractivity contribution is 0.295. The lowest BCUT2D eigenvalue weighted by atomic mass is 10.2. The molecule has 0 heterocycles. The summed E-state index contributed by atoms with van der Waals surface area (Å²) in [6, 6.07) is 9.90. The van der Waals surface area contributed by atoms with Crippen molar-refractivity contribution < 1.29 is 4.74 Å². The van der Waals surface area contributed by atoms with E-state index < -0.39 is 0 Å². The number of ether oxygens (including phenoxy) is 1. The van der Waals surface area contributed by atoms with Gasteiger partial charge in [-0.25, -0.2) is 4.99 Å². The lowest BCUT2D eigenvalue weighted by Crippen LogP contribution is -2.00. The van der Waals surface area contributed by atoms with Crippen LogP contribution in [0.15, 0.2) is 60.8 Å². The molecule has 0 aliphatic heterocycles. The molecule has 0 saturated carbocycles. The van der Waals surface area contributed by atoms with E-state index in [0.717, 1.165) is 5.56 Å². The van der Waals surface area contributed by atoms with Gasteiger partial charge in [0, 0.05) is 6.20 Å². The molecule has 0 aliphatic rings. The highest BCUT2D eigenvalue weighted by atomic mass is 16.5. The Hall–Kier alpha value is -1.83. The van der Waals surface area contributed by atoms with Crippen molar-refractivity contribution in [2.45, 2.75) is 6.61 Å². The van der Waals surface area contributed by atoms with Crippen LogP contribution in [0.5, 0.6) is 0 Å². The predicted octanol–water partition coefficient (Wildman–Crippen LogP) is 2.93. The highest BCUT2D eigenvalue weighted by Gasteiger charge is 1.94. The van der Waals surface area contributed by atoms with E-state index in [1.165, 1.54) is 6.20 Å². The number of benzene rings is 1. The smallest absolute Gasteiger partial charge is 0.212 e. The van der Waals surface area contributed by atoms with Crippen LogP contribution < -0.4 is 0 Å². The van der Waals surface area contributed by atoms with Gasteiger partial charge in [-0.15, -0.1) is 0 Å². The van der Waals surface area contributed by atoms with Crippen LogP contribution in [0.2, 0.25) is 0 Å². The summed E-state index contributed by atoms with van der Waals surface area (Å²) in [5, 5.41) is 0. The van der Waals surface area contributed by atoms with E-state index in [9.17, 15) is 0 Å². The quantitative estimate of drug-likeness (QED) is 0.524. The molecule has 1 aromatic rings. The third-order valence-electron chi connectivity index (χ3n) is 1.62. The molecule has 72 valence electrons. The minimum atomic E-state index is 0.490. The molecule has 0 bridgehead atoms. The van der Waals surface area contributed by atoms with Crippen LogP contribution >= 0.6 is 0 Å². The molecule has 0 aliphatic carbocycles. The van der Waals surface area contributed by atoms with E-state index in [1.807, 2.05) is 30.3 Å². The summed E-state index contributed by atoms with van der Waals surface area (Å²) in [7, 11) is 0. The van der Waals surface area contributed by atoms with Gasteiger partial charge in [0.15, 0.2) is 0 Å². The summed E-state index contributed by atoms with van der Waals surface area (Å²) in [4.78, 5) is 3.90. The van der Waals surface area contributed by atoms with Gasteiger partial charge >= 0.3 is 0 Å². The maximum absolute atomic E-state index is 5.38. The van der Waals surface area contributed by atoms with Crippen molar-refractivity contribution in [3.63, 3.8) is 0 Å². The highest BCUT2D eigenvalue weighted by Crippen LogP contribution is 2.01. The van der Waals surface area contributed by atoms with Gasteiger partial charge in [-0.1, -0.05) is 43.5 Å². The first-order valence-electron chi connectivity index (χ1n) is 4.34. The summed E-state index contributed by atoms with van der Waals surface area (Å²) in [6.07, 6.45) is 2.99. The summed E-state index contributed by atoms with van der Waals surface area (Å²) in [6.45, 7) is 7.58. The molecule has 1 rings (SSSR count). The van der Waals surface area contributed by atoms with Crippen molar-refractivity contribution in [1.82, 2.24) is 0 Å². The number of hydrogen-bond donors (Lipinski definition) is 0. The molecular formula is C12H13NO. The van der Waals surface area contributed by atoms with E-state index in [0.29, 0.717) is 12.5 Å². The first-order chi connectivity index (χ1) is 6.86. The van der Waals surface area contributed by atoms with Gasteiger partial charge in [-0.05, 0) is 11.6 Å². The maximum atomic E-state index is 5.38. The second-order valence-electron chi connectivity index (χ2n) is 2.63. The van der Waals surface area contributed by atoms with Gasteiger partial charge in [0.25, 0.3) is 0 Å². The van der Waals surface area contributed by atoms with Crippen molar-refractivity contribution >= 4 is 5.90 Å². The van der Waals surface area contributed by atoms with E-state index in [2.05, 4.69) is 18.2 Å². The Morgan fingerprint density at radius 1 is 1.29 bits per heavy atom. The average molecular weight is 187 g/mol. The first kappa shape index (κ1) is 10.3. The summed E-state index contributed by atoms with van der Waals surface area (Å²) in [5.74, 6) is 0.490. The molecule has 0 radical (unpaired) electrons. The van der Waals surface area contributed by atoms with Crippen LogP contribution in [0.1, 0.15) is 5.56 Å². The Labute approximate surface area is 84.3 Å². The molecule has 2 heteroatoms. The molecule has 0 unspecified atom stereocenters. The van der Waals surface area contributed by atoms with Gasteiger partial charge in [-0.2, -0.15) is 0 Å². The number of hydrogen-bond acceptors (Lipinski definition) is 2. The van der Waals surface area contributed by atoms with Crippen LogP contribution in [-0.2, 0) is 11.3 Å². The first-order valence-corrected chi connectivity index (χ1v) is 4.34. The molecule has 0 amide bonds. The van der Waals surface area contributed by atoms with E-state index in [-0.39, 0.29) is 0 Å². The fourth-order valence-corrected chi connectivity index (χ4v) is 0.970. The minimum absolute atomic E-state index is 0.490. The van der Waals surface area contributed by atoms with Gasteiger partial charge in [0.05, 0.1) is 0 Å². The van der Waals surface area contributed by atoms with Crippen molar-refractivity contribution in [2.75, 3.05) is 0 Å². The fraction of sp³-hybridized carbons (Fsp3) is 0.0833. The number of aliphatic imine (C=N–C) groups is 1. The van der Waals surface area contributed by atoms with Gasteiger partial charge in [-0.3, -0.25) is 0 Å². The van der Waals surface area contributed by atoms with E-state index in [1.54, 1.807) is 6.08 Å². The van der Waals surface area contributed by atoms with Crippen LogP contribution in [0.25, 0.3) is 0 Å². The normalized spacial score (nSPS) is 10.7. The topological polar surface area (TPSA) is 21.6 Å². The van der Waals surface area contributed by atoms with Crippen LogP contribution in [0.4, 0.5) is 0 Å². The summed E-state index contributed by atoms with van der Waals surface area (Å²) < 4.78 is 5.38. The fourth-order valence-electron chi connectivity index (χ4n) is 0.970. The second-order valence-corrected chi connectivity index (χ2v) is 2.63. The van der Waals surface area contributed by atoms with Gasteiger partial charge in [0.2, 0.25) is 5.90 Å². The molecule has 0 aromatic heterocycles. The third kappa shape index (κ3) is 3.27.